The Morgan fingerprint density at radius 1 is 1.44 bits per heavy atom. The molecule has 2 unspecified atom stereocenters. The van der Waals surface area contributed by atoms with E-state index < -0.39 is 5.60 Å². The van der Waals surface area contributed by atoms with Gasteiger partial charge in [-0.2, -0.15) is 11.8 Å². The van der Waals surface area contributed by atoms with Crippen LogP contribution in [-0.2, 0) is 0 Å². The molecule has 140 valence electrons. The van der Waals surface area contributed by atoms with Crippen LogP contribution in [0.2, 0.25) is 0 Å². The lowest BCUT2D eigenvalue weighted by Gasteiger charge is -2.27. The molecule has 5 nitrogen and oxygen atoms in total. The quantitative estimate of drug-likeness (QED) is 0.397. The summed E-state index contributed by atoms with van der Waals surface area (Å²) < 4.78 is 5.23. The molecule has 0 radical (unpaired) electrons. The maximum Gasteiger partial charge on any atom is 0.193 e. The third-order valence-corrected chi connectivity index (χ3v) is 6.18. The zero-order valence-electron chi connectivity index (χ0n) is 14.9. The predicted octanol–water partition coefficient (Wildman–Crippen LogP) is 2.55. The van der Waals surface area contributed by atoms with E-state index in [1.807, 2.05) is 30.9 Å². The number of nitrogens with one attached hydrogen (secondary N) is 1. The lowest BCUT2D eigenvalue weighted by molar-refractivity contribution is 0.0718. The fourth-order valence-electron chi connectivity index (χ4n) is 3.41. The van der Waals surface area contributed by atoms with Crippen LogP contribution >= 0.6 is 35.7 Å². The molecule has 2 fully saturated rings. The molecule has 0 spiro atoms. The molecule has 2 aliphatic rings. The van der Waals surface area contributed by atoms with Crippen LogP contribution in [0.4, 0.5) is 0 Å². The van der Waals surface area contributed by atoms with Gasteiger partial charge in [0.05, 0.1) is 12.7 Å². The van der Waals surface area contributed by atoms with Gasteiger partial charge in [0.2, 0.25) is 0 Å². The van der Waals surface area contributed by atoms with Crippen LogP contribution in [0.25, 0.3) is 0 Å². The number of thioether (sulfide) groups is 1. The standard InChI is InChI=1S/C18H27N3O2S.HI/c1-19-17(20-12-18(22)8-10-24-13-18)21-9-7-15(11-21)14-3-5-16(23-2)6-4-14;/h3-6,15,22H,7-13H2,1-2H3,(H,19,20);1H. The summed E-state index contributed by atoms with van der Waals surface area (Å²) in [5, 5.41) is 13.9. The van der Waals surface area contributed by atoms with Crippen molar-refractivity contribution >= 4 is 41.7 Å². The van der Waals surface area contributed by atoms with Crippen LogP contribution in [0.3, 0.4) is 0 Å². The van der Waals surface area contributed by atoms with Gasteiger partial charge in [-0.3, -0.25) is 4.99 Å². The van der Waals surface area contributed by atoms with Crippen molar-refractivity contribution in [3.63, 3.8) is 0 Å². The highest BCUT2D eigenvalue weighted by atomic mass is 127. The van der Waals surface area contributed by atoms with Gasteiger partial charge >= 0.3 is 0 Å². The number of hydrogen-bond acceptors (Lipinski definition) is 4. The Morgan fingerprint density at radius 3 is 2.80 bits per heavy atom. The van der Waals surface area contributed by atoms with E-state index in [2.05, 4.69) is 27.3 Å². The fraction of sp³-hybridized carbons (Fsp3) is 0.611. The zero-order chi connectivity index (χ0) is 17.0. The SMILES string of the molecule is CN=C(NCC1(O)CCSC1)N1CCC(c2ccc(OC)cc2)C1.I. The molecule has 2 N–H and O–H groups in total. The predicted molar refractivity (Wildman–Crippen MR) is 116 cm³/mol. The Balaban J connectivity index is 0.00000225. The molecule has 0 saturated carbocycles. The van der Waals surface area contributed by atoms with Crippen molar-refractivity contribution in [2.24, 2.45) is 4.99 Å². The molecular formula is C18H28IN3O2S. The number of methoxy groups -OCH3 is 1. The monoisotopic (exact) mass is 477 g/mol. The second-order valence-electron chi connectivity index (χ2n) is 6.63. The first-order valence-electron chi connectivity index (χ1n) is 8.53. The van der Waals surface area contributed by atoms with Crippen LogP contribution < -0.4 is 10.1 Å². The van der Waals surface area contributed by atoms with Crippen molar-refractivity contribution in [2.75, 3.05) is 45.3 Å². The summed E-state index contributed by atoms with van der Waals surface area (Å²) in [6.45, 7) is 2.53. The molecule has 1 aromatic rings. The van der Waals surface area contributed by atoms with E-state index in [-0.39, 0.29) is 24.0 Å². The van der Waals surface area contributed by atoms with Crippen LogP contribution in [0, 0.1) is 0 Å². The van der Waals surface area contributed by atoms with Crippen LogP contribution in [0.5, 0.6) is 5.75 Å². The number of nitrogens with zero attached hydrogens (tertiary/aromatic N) is 2. The Labute approximate surface area is 171 Å². The molecule has 0 bridgehead atoms. The second kappa shape index (κ2) is 9.32. The average molecular weight is 477 g/mol. The highest BCUT2D eigenvalue weighted by Gasteiger charge is 2.33. The fourth-order valence-corrected chi connectivity index (χ4v) is 4.71. The number of hydrogen-bond donors (Lipinski definition) is 2. The highest BCUT2D eigenvalue weighted by molar-refractivity contribution is 14.0. The van der Waals surface area contributed by atoms with Crippen molar-refractivity contribution in [1.82, 2.24) is 10.2 Å². The Morgan fingerprint density at radius 2 is 2.20 bits per heavy atom. The van der Waals surface area contributed by atoms with Gasteiger partial charge in [0.15, 0.2) is 5.96 Å². The minimum absolute atomic E-state index is 0. The topological polar surface area (TPSA) is 57.1 Å². The summed E-state index contributed by atoms with van der Waals surface area (Å²) in [7, 11) is 3.51. The third-order valence-electron chi connectivity index (χ3n) is 4.94. The minimum atomic E-state index is -0.588. The summed E-state index contributed by atoms with van der Waals surface area (Å²) in [6, 6.07) is 8.36. The molecule has 2 aliphatic heterocycles. The van der Waals surface area contributed by atoms with E-state index in [4.69, 9.17) is 4.74 Å². The number of halogens is 1. The summed E-state index contributed by atoms with van der Waals surface area (Å²) in [4.78, 5) is 6.70. The maximum atomic E-state index is 10.5. The van der Waals surface area contributed by atoms with Crippen molar-refractivity contribution in [3.05, 3.63) is 29.8 Å². The molecule has 2 atom stereocenters. The Hall–Kier alpha value is -0.670. The van der Waals surface area contributed by atoms with Gasteiger partial charge in [-0.25, -0.2) is 0 Å². The van der Waals surface area contributed by atoms with Crippen LogP contribution in [0.15, 0.2) is 29.3 Å². The number of rotatable bonds is 4. The molecule has 2 heterocycles. The molecule has 0 aliphatic carbocycles. The number of aliphatic imine (C=N–C) groups is 1. The van der Waals surface area contributed by atoms with Gasteiger partial charge in [-0.05, 0) is 36.3 Å². The molecule has 2 saturated heterocycles. The number of likely N-dealkylation sites (tertiary alicyclic amines) is 1. The lowest BCUT2D eigenvalue weighted by atomic mass is 9.98. The first-order valence-corrected chi connectivity index (χ1v) is 9.69. The van der Waals surface area contributed by atoms with Gasteiger partial charge in [-0.1, -0.05) is 12.1 Å². The van der Waals surface area contributed by atoms with E-state index in [0.29, 0.717) is 12.5 Å². The molecule has 1 aromatic carbocycles. The lowest BCUT2D eigenvalue weighted by Crippen LogP contribution is -2.48. The average Bonchev–Trinajstić information content (AvgIpc) is 3.26. The van der Waals surface area contributed by atoms with Gasteiger partial charge < -0.3 is 20.1 Å². The first-order chi connectivity index (χ1) is 11.6. The molecule has 3 rings (SSSR count). The van der Waals surface area contributed by atoms with Crippen molar-refractivity contribution < 1.29 is 9.84 Å². The largest absolute Gasteiger partial charge is 0.497 e. The highest BCUT2D eigenvalue weighted by Crippen LogP contribution is 2.29. The maximum absolute atomic E-state index is 10.5. The van der Waals surface area contributed by atoms with Crippen LogP contribution in [-0.4, -0.2) is 66.9 Å². The van der Waals surface area contributed by atoms with Gasteiger partial charge in [-0.15, -0.1) is 24.0 Å². The first kappa shape index (κ1) is 20.6. The second-order valence-corrected chi connectivity index (χ2v) is 7.74. The summed E-state index contributed by atoms with van der Waals surface area (Å²) in [5.74, 6) is 4.16. The zero-order valence-corrected chi connectivity index (χ0v) is 18.0. The number of aliphatic hydroxyl groups is 1. The van der Waals surface area contributed by atoms with E-state index >= 15 is 0 Å². The number of ether oxygens (including phenoxy) is 1. The number of guanidine groups is 1. The summed E-state index contributed by atoms with van der Waals surface area (Å²) >= 11 is 1.82. The van der Waals surface area contributed by atoms with E-state index in [0.717, 1.165) is 49.1 Å². The van der Waals surface area contributed by atoms with Gasteiger partial charge in [0, 0.05) is 38.4 Å². The van der Waals surface area contributed by atoms with Crippen molar-refractivity contribution in [1.29, 1.82) is 0 Å². The summed E-state index contributed by atoms with van der Waals surface area (Å²) in [6.07, 6.45) is 1.98. The molecular weight excluding hydrogens is 449 g/mol. The molecule has 0 aromatic heterocycles. The van der Waals surface area contributed by atoms with E-state index in [9.17, 15) is 5.11 Å². The molecule has 0 amide bonds. The Kier molecular flexibility index (Phi) is 7.69. The normalized spacial score (nSPS) is 26.4. The van der Waals surface area contributed by atoms with Crippen LogP contribution in [0.1, 0.15) is 24.3 Å². The minimum Gasteiger partial charge on any atom is -0.497 e. The van der Waals surface area contributed by atoms with Gasteiger partial charge in [0.25, 0.3) is 0 Å². The molecule has 25 heavy (non-hydrogen) atoms. The Bertz CT molecular complexity index is 576. The van der Waals surface area contributed by atoms with Gasteiger partial charge in [0.1, 0.15) is 5.75 Å². The third kappa shape index (κ3) is 5.17. The van der Waals surface area contributed by atoms with Crippen molar-refractivity contribution in [3.8, 4) is 5.75 Å². The van der Waals surface area contributed by atoms with E-state index in [1.165, 1.54) is 5.56 Å². The number of benzene rings is 1. The molecule has 7 heteroatoms. The van der Waals surface area contributed by atoms with Crippen molar-refractivity contribution in [2.45, 2.75) is 24.4 Å². The summed E-state index contributed by atoms with van der Waals surface area (Å²) in [5.41, 5.74) is 0.759. The van der Waals surface area contributed by atoms with E-state index in [1.54, 1.807) is 7.11 Å². The smallest absolute Gasteiger partial charge is 0.193 e.